The van der Waals surface area contributed by atoms with Crippen molar-refractivity contribution in [2.45, 2.75) is 54.4 Å². The van der Waals surface area contributed by atoms with Gasteiger partial charge in [0.1, 0.15) is 0 Å². The Hall–Kier alpha value is -1.77. The highest BCUT2D eigenvalue weighted by atomic mass is 16.2. The second-order valence-corrected chi connectivity index (χ2v) is 8.55. The van der Waals surface area contributed by atoms with Crippen LogP contribution in [0.3, 0.4) is 0 Å². The van der Waals surface area contributed by atoms with Crippen molar-refractivity contribution in [2.24, 2.45) is 11.3 Å². The molecule has 25 heavy (non-hydrogen) atoms. The van der Waals surface area contributed by atoms with E-state index >= 15 is 0 Å². The first-order chi connectivity index (χ1) is 11.6. The maximum Gasteiger partial charge on any atom is 0.219 e. The predicted molar refractivity (Wildman–Crippen MR) is 107 cm³/mol. The summed E-state index contributed by atoms with van der Waals surface area (Å²) in [5.74, 6) is 0.791. The van der Waals surface area contributed by atoms with Gasteiger partial charge in [-0.05, 0) is 44.2 Å². The molecule has 2 rings (SSSR count). The third-order valence-electron chi connectivity index (χ3n) is 5.34. The summed E-state index contributed by atoms with van der Waals surface area (Å²) in [6.45, 7) is 19.8. The van der Waals surface area contributed by atoms with Crippen molar-refractivity contribution in [2.75, 3.05) is 24.5 Å². The molecule has 138 valence electrons. The topological polar surface area (TPSA) is 23.6 Å². The van der Waals surface area contributed by atoms with Gasteiger partial charge in [0.25, 0.3) is 0 Å². The molecule has 3 heteroatoms. The third-order valence-corrected chi connectivity index (χ3v) is 5.34. The molecule has 1 heterocycles. The number of hydrogen-bond donors (Lipinski definition) is 0. The van der Waals surface area contributed by atoms with Crippen molar-refractivity contribution in [3.8, 4) is 0 Å². The summed E-state index contributed by atoms with van der Waals surface area (Å²) < 4.78 is 0. The number of amides is 1. The van der Waals surface area contributed by atoms with E-state index in [4.69, 9.17) is 0 Å². The van der Waals surface area contributed by atoms with Gasteiger partial charge in [-0.2, -0.15) is 0 Å². The van der Waals surface area contributed by atoms with Gasteiger partial charge in [0.15, 0.2) is 0 Å². The molecule has 1 amide bonds. The molecule has 1 aliphatic rings. The van der Waals surface area contributed by atoms with Gasteiger partial charge in [0.2, 0.25) is 5.91 Å². The molecule has 1 fully saturated rings. The minimum Gasteiger partial charge on any atom is -0.345 e. The Kier molecular flexibility index (Phi) is 5.97. The second-order valence-electron chi connectivity index (χ2n) is 8.55. The summed E-state index contributed by atoms with van der Waals surface area (Å²) in [6.07, 6.45) is 2.14. The molecule has 0 radical (unpaired) electrons. The number of piperidine rings is 1. The quantitative estimate of drug-likeness (QED) is 0.775. The van der Waals surface area contributed by atoms with E-state index in [0.29, 0.717) is 5.92 Å². The molecular formula is C22H34N2O. The Bertz CT molecular complexity index is 634. The Balaban J connectivity index is 2.21. The molecule has 1 aromatic rings. The molecule has 0 bridgehead atoms. The number of rotatable bonds is 4. The van der Waals surface area contributed by atoms with Crippen molar-refractivity contribution in [3.63, 3.8) is 0 Å². The zero-order chi connectivity index (χ0) is 18.8. The largest absolute Gasteiger partial charge is 0.345 e. The Labute approximate surface area is 153 Å². The number of likely N-dealkylation sites (tertiary alicyclic amines) is 1. The van der Waals surface area contributed by atoms with E-state index in [0.717, 1.165) is 38.2 Å². The van der Waals surface area contributed by atoms with Gasteiger partial charge in [0, 0.05) is 43.4 Å². The lowest BCUT2D eigenvalue weighted by Gasteiger charge is -2.40. The van der Waals surface area contributed by atoms with Crippen LogP contribution in [0.1, 0.15) is 51.7 Å². The van der Waals surface area contributed by atoms with E-state index in [9.17, 15) is 4.79 Å². The lowest BCUT2D eigenvalue weighted by Crippen LogP contribution is -2.41. The summed E-state index contributed by atoms with van der Waals surface area (Å²) in [7, 11) is 0. The normalized spacial score (nSPS) is 16.0. The molecular weight excluding hydrogens is 308 g/mol. The van der Waals surface area contributed by atoms with Crippen molar-refractivity contribution in [3.05, 3.63) is 41.6 Å². The number of aryl methyl sites for hydroxylation is 2. The van der Waals surface area contributed by atoms with Gasteiger partial charge in [-0.15, -0.1) is 0 Å². The van der Waals surface area contributed by atoms with Crippen LogP contribution in [0.2, 0.25) is 0 Å². The van der Waals surface area contributed by atoms with Gasteiger partial charge >= 0.3 is 0 Å². The van der Waals surface area contributed by atoms with Gasteiger partial charge in [0.05, 0.1) is 0 Å². The fourth-order valence-corrected chi connectivity index (χ4v) is 3.56. The van der Waals surface area contributed by atoms with E-state index < -0.39 is 0 Å². The van der Waals surface area contributed by atoms with Gasteiger partial charge in [-0.3, -0.25) is 4.79 Å². The number of carbonyl (C=O) groups is 1. The van der Waals surface area contributed by atoms with Crippen molar-refractivity contribution in [1.29, 1.82) is 0 Å². The Morgan fingerprint density at radius 1 is 1.24 bits per heavy atom. The summed E-state index contributed by atoms with van der Waals surface area (Å²) in [5, 5.41) is 0. The van der Waals surface area contributed by atoms with Crippen LogP contribution in [-0.2, 0) is 4.79 Å². The average Bonchev–Trinajstić information content (AvgIpc) is 2.52. The van der Waals surface area contributed by atoms with Gasteiger partial charge in [-0.1, -0.05) is 45.0 Å². The molecule has 0 aromatic heterocycles. The molecule has 0 N–H and O–H groups in total. The summed E-state index contributed by atoms with van der Waals surface area (Å²) in [5.41, 5.74) is 5.04. The molecule has 1 aliphatic heterocycles. The Morgan fingerprint density at radius 2 is 1.84 bits per heavy atom. The van der Waals surface area contributed by atoms with E-state index in [2.05, 4.69) is 64.3 Å². The lowest BCUT2D eigenvalue weighted by atomic mass is 9.89. The van der Waals surface area contributed by atoms with E-state index in [1.807, 2.05) is 4.90 Å². The van der Waals surface area contributed by atoms with Crippen LogP contribution in [0.25, 0.3) is 0 Å². The minimum atomic E-state index is 0.0252. The summed E-state index contributed by atoms with van der Waals surface area (Å²) >= 11 is 0. The highest BCUT2D eigenvalue weighted by Gasteiger charge is 2.28. The molecule has 0 spiro atoms. The summed E-state index contributed by atoms with van der Waals surface area (Å²) in [6, 6.07) is 6.66. The maximum absolute atomic E-state index is 11.6. The molecule has 0 saturated carbocycles. The van der Waals surface area contributed by atoms with Crippen LogP contribution in [0, 0.1) is 25.2 Å². The first-order valence-electron chi connectivity index (χ1n) is 9.39. The predicted octanol–water partition coefficient (Wildman–Crippen LogP) is 4.93. The number of nitrogens with zero attached hydrogens (tertiary/aromatic N) is 2. The molecule has 3 nitrogen and oxygen atoms in total. The van der Waals surface area contributed by atoms with Crippen molar-refractivity contribution < 1.29 is 4.79 Å². The molecule has 1 saturated heterocycles. The standard InChI is InChI=1S/C22H34N2O/c1-16-8-9-21(17(2)14-16)24(18(3)22(5,6)7)15-20-10-12-23(13-11-20)19(4)25/h8-9,14,20H,3,10-13,15H2,1-2,4-7H3. The van der Waals surface area contributed by atoms with Crippen LogP contribution in [-0.4, -0.2) is 30.4 Å². The van der Waals surface area contributed by atoms with Crippen LogP contribution in [0.4, 0.5) is 5.69 Å². The molecule has 1 aromatic carbocycles. The number of carbonyl (C=O) groups excluding carboxylic acids is 1. The zero-order valence-electron chi connectivity index (χ0n) is 16.9. The Morgan fingerprint density at radius 3 is 2.32 bits per heavy atom. The molecule has 0 unspecified atom stereocenters. The van der Waals surface area contributed by atoms with Crippen LogP contribution < -0.4 is 4.90 Å². The first kappa shape index (κ1) is 19.6. The second kappa shape index (κ2) is 7.63. The highest BCUT2D eigenvalue weighted by molar-refractivity contribution is 5.73. The fraction of sp³-hybridized carbons (Fsp3) is 0.591. The third kappa shape index (κ3) is 4.87. The summed E-state index contributed by atoms with van der Waals surface area (Å²) in [4.78, 5) is 16.0. The zero-order valence-corrected chi connectivity index (χ0v) is 16.9. The highest BCUT2D eigenvalue weighted by Crippen LogP contribution is 2.35. The average molecular weight is 343 g/mol. The van der Waals surface area contributed by atoms with E-state index in [-0.39, 0.29) is 11.3 Å². The van der Waals surface area contributed by atoms with Crippen LogP contribution in [0.5, 0.6) is 0 Å². The number of benzene rings is 1. The van der Waals surface area contributed by atoms with E-state index in [1.165, 1.54) is 16.8 Å². The smallest absolute Gasteiger partial charge is 0.219 e. The molecule has 0 atom stereocenters. The first-order valence-corrected chi connectivity index (χ1v) is 9.39. The monoisotopic (exact) mass is 342 g/mol. The van der Waals surface area contributed by atoms with Gasteiger partial charge in [-0.25, -0.2) is 0 Å². The molecule has 0 aliphatic carbocycles. The van der Waals surface area contributed by atoms with E-state index in [1.54, 1.807) is 6.92 Å². The fourth-order valence-electron chi connectivity index (χ4n) is 3.56. The van der Waals surface area contributed by atoms with Crippen molar-refractivity contribution in [1.82, 2.24) is 4.90 Å². The van der Waals surface area contributed by atoms with Crippen molar-refractivity contribution >= 4 is 11.6 Å². The minimum absolute atomic E-state index is 0.0252. The number of anilines is 1. The SMILES string of the molecule is C=C(N(CC1CCN(C(C)=O)CC1)c1ccc(C)cc1C)C(C)(C)C. The number of allylic oxidation sites excluding steroid dienone is 1. The maximum atomic E-state index is 11.6. The lowest BCUT2D eigenvalue weighted by molar-refractivity contribution is -0.130. The van der Waals surface area contributed by atoms with Crippen LogP contribution in [0.15, 0.2) is 30.5 Å². The van der Waals surface area contributed by atoms with Crippen LogP contribution >= 0.6 is 0 Å². The van der Waals surface area contributed by atoms with Gasteiger partial charge < -0.3 is 9.80 Å². The number of hydrogen-bond acceptors (Lipinski definition) is 2.